The van der Waals surface area contributed by atoms with Gasteiger partial charge < -0.3 is 10.2 Å². The van der Waals surface area contributed by atoms with Crippen molar-refractivity contribution in [2.75, 3.05) is 19.6 Å². The molecule has 3 heteroatoms. The first-order valence-corrected chi connectivity index (χ1v) is 8.21. The largest absolute Gasteiger partial charge is 0.311 e. The lowest BCUT2D eigenvalue weighted by Crippen LogP contribution is -2.38. The Labute approximate surface area is 115 Å². The second kappa shape index (κ2) is 7.27. The topological polar surface area (TPSA) is 15.3 Å². The van der Waals surface area contributed by atoms with E-state index in [2.05, 4.69) is 40.9 Å². The highest BCUT2D eigenvalue weighted by Gasteiger charge is 2.17. The Morgan fingerprint density at radius 1 is 1.44 bits per heavy atom. The maximum atomic E-state index is 3.82. The molecule has 1 aromatic rings. The van der Waals surface area contributed by atoms with Crippen LogP contribution in [-0.4, -0.2) is 36.6 Å². The average molecular weight is 266 g/mol. The normalized spacial score (nSPS) is 23.8. The van der Waals surface area contributed by atoms with E-state index < -0.39 is 0 Å². The lowest BCUT2D eigenvalue weighted by molar-refractivity contribution is 0.295. The molecule has 1 aliphatic heterocycles. The summed E-state index contributed by atoms with van der Waals surface area (Å²) in [6.45, 7) is 8.34. The molecule has 0 radical (unpaired) electrons. The average Bonchev–Trinajstić information content (AvgIpc) is 2.75. The van der Waals surface area contributed by atoms with Crippen LogP contribution in [0.15, 0.2) is 16.8 Å². The van der Waals surface area contributed by atoms with E-state index in [0.717, 1.165) is 12.5 Å². The van der Waals surface area contributed by atoms with Crippen molar-refractivity contribution in [1.82, 2.24) is 10.2 Å². The first-order chi connectivity index (χ1) is 8.78. The molecule has 2 nitrogen and oxygen atoms in total. The summed E-state index contributed by atoms with van der Waals surface area (Å²) in [6, 6.07) is 3.56. The van der Waals surface area contributed by atoms with Gasteiger partial charge in [-0.05, 0) is 74.6 Å². The van der Waals surface area contributed by atoms with Crippen LogP contribution in [0.4, 0.5) is 0 Å². The van der Waals surface area contributed by atoms with E-state index >= 15 is 0 Å². The van der Waals surface area contributed by atoms with Crippen LogP contribution in [0.5, 0.6) is 0 Å². The molecule has 18 heavy (non-hydrogen) atoms. The van der Waals surface area contributed by atoms with Gasteiger partial charge >= 0.3 is 0 Å². The van der Waals surface area contributed by atoms with Crippen LogP contribution >= 0.6 is 11.3 Å². The predicted molar refractivity (Wildman–Crippen MR) is 80.4 cm³/mol. The molecule has 102 valence electrons. The van der Waals surface area contributed by atoms with Gasteiger partial charge in [-0.25, -0.2) is 0 Å². The number of nitrogens with one attached hydrogen (secondary N) is 1. The van der Waals surface area contributed by atoms with Crippen molar-refractivity contribution < 1.29 is 0 Å². The quantitative estimate of drug-likeness (QED) is 0.881. The second-order valence-electron chi connectivity index (χ2n) is 5.47. The molecule has 1 N–H and O–H groups in total. The number of rotatable bonds is 5. The van der Waals surface area contributed by atoms with Crippen LogP contribution in [0.1, 0.15) is 38.7 Å². The van der Waals surface area contributed by atoms with Gasteiger partial charge in [0.25, 0.3) is 0 Å². The summed E-state index contributed by atoms with van der Waals surface area (Å²) in [5.41, 5.74) is 1.48. The van der Waals surface area contributed by atoms with Gasteiger partial charge in [0.15, 0.2) is 0 Å². The summed E-state index contributed by atoms with van der Waals surface area (Å²) in [7, 11) is 0. The molecule has 1 aromatic heterocycles. The monoisotopic (exact) mass is 266 g/mol. The molecule has 0 spiro atoms. The fourth-order valence-corrected chi connectivity index (χ4v) is 3.54. The standard InChI is InChI=1S/C15H26N2S/c1-3-17-8-4-5-15(6-9-17)16-13(2)11-14-7-10-18-12-14/h7,10,12-13,15-16H,3-6,8-9,11H2,1-2H3. The maximum Gasteiger partial charge on any atom is 0.00823 e. The zero-order chi connectivity index (χ0) is 12.8. The van der Waals surface area contributed by atoms with Gasteiger partial charge in [-0.15, -0.1) is 0 Å². The van der Waals surface area contributed by atoms with Crippen molar-refractivity contribution in [2.45, 2.75) is 51.6 Å². The van der Waals surface area contributed by atoms with Gasteiger partial charge in [-0.3, -0.25) is 0 Å². The number of likely N-dealkylation sites (tertiary alicyclic amines) is 1. The van der Waals surface area contributed by atoms with E-state index in [0.29, 0.717) is 6.04 Å². The molecule has 0 aromatic carbocycles. The van der Waals surface area contributed by atoms with Crippen LogP contribution in [0.25, 0.3) is 0 Å². The summed E-state index contributed by atoms with van der Waals surface area (Å²) in [5, 5.41) is 8.26. The van der Waals surface area contributed by atoms with Gasteiger partial charge in [-0.2, -0.15) is 11.3 Å². The lowest BCUT2D eigenvalue weighted by atomic mass is 10.1. The van der Waals surface area contributed by atoms with Crippen molar-refractivity contribution in [3.8, 4) is 0 Å². The minimum Gasteiger partial charge on any atom is -0.311 e. The Kier molecular flexibility index (Phi) is 5.67. The van der Waals surface area contributed by atoms with Gasteiger partial charge in [-0.1, -0.05) is 6.92 Å². The van der Waals surface area contributed by atoms with E-state index in [1.54, 1.807) is 11.3 Å². The van der Waals surface area contributed by atoms with Crippen LogP contribution in [-0.2, 0) is 6.42 Å². The Balaban J connectivity index is 1.75. The molecular formula is C15H26N2S. The molecule has 2 heterocycles. The number of thiophene rings is 1. The Morgan fingerprint density at radius 2 is 2.33 bits per heavy atom. The fraction of sp³-hybridized carbons (Fsp3) is 0.733. The number of nitrogens with zero attached hydrogens (tertiary/aromatic N) is 1. The minimum absolute atomic E-state index is 0.595. The molecule has 0 bridgehead atoms. The Hall–Kier alpha value is -0.380. The Bertz CT molecular complexity index is 323. The van der Waals surface area contributed by atoms with Crippen LogP contribution in [0, 0.1) is 0 Å². The molecule has 1 aliphatic rings. The summed E-state index contributed by atoms with van der Waals surface area (Å²) in [6.07, 6.45) is 5.15. The molecule has 2 atom stereocenters. The van der Waals surface area contributed by atoms with E-state index in [1.807, 2.05) is 0 Å². The van der Waals surface area contributed by atoms with E-state index in [4.69, 9.17) is 0 Å². The van der Waals surface area contributed by atoms with E-state index in [-0.39, 0.29) is 0 Å². The summed E-state index contributed by atoms with van der Waals surface area (Å²) >= 11 is 1.80. The second-order valence-corrected chi connectivity index (χ2v) is 6.25. The summed E-state index contributed by atoms with van der Waals surface area (Å²) in [4.78, 5) is 2.57. The van der Waals surface area contributed by atoms with Gasteiger partial charge in [0.2, 0.25) is 0 Å². The van der Waals surface area contributed by atoms with Crippen molar-refractivity contribution in [3.63, 3.8) is 0 Å². The molecular weight excluding hydrogens is 240 g/mol. The van der Waals surface area contributed by atoms with Gasteiger partial charge in [0.1, 0.15) is 0 Å². The minimum atomic E-state index is 0.595. The smallest absolute Gasteiger partial charge is 0.00823 e. The van der Waals surface area contributed by atoms with E-state index in [9.17, 15) is 0 Å². The third-order valence-corrected chi connectivity index (χ3v) is 4.64. The SMILES string of the molecule is CCN1CCCC(NC(C)Cc2ccsc2)CC1. The lowest BCUT2D eigenvalue weighted by Gasteiger charge is -2.22. The zero-order valence-corrected chi connectivity index (χ0v) is 12.5. The van der Waals surface area contributed by atoms with Gasteiger partial charge in [0.05, 0.1) is 0 Å². The first-order valence-electron chi connectivity index (χ1n) is 7.27. The summed E-state index contributed by atoms with van der Waals surface area (Å²) in [5.74, 6) is 0. The zero-order valence-electron chi connectivity index (χ0n) is 11.7. The van der Waals surface area contributed by atoms with Crippen LogP contribution < -0.4 is 5.32 Å². The highest BCUT2D eigenvalue weighted by atomic mass is 32.1. The first kappa shape index (κ1) is 14.0. The number of hydrogen-bond donors (Lipinski definition) is 1. The highest BCUT2D eigenvalue weighted by Crippen LogP contribution is 2.13. The molecule has 0 amide bonds. The molecule has 0 saturated carbocycles. The Morgan fingerprint density at radius 3 is 3.06 bits per heavy atom. The van der Waals surface area contributed by atoms with Crippen molar-refractivity contribution in [2.24, 2.45) is 0 Å². The molecule has 0 aliphatic carbocycles. The third-order valence-electron chi connectivity index (χ3n) is 3.91. The number of hydrogen-bond acceptors (Lipinski definition) is 3. The molecule has 1 fully saturated rings. The van der Waals surface area contributed by atoms with Crippen molar-refractivity contribution in [1.29, 1.82) is 0 Å². The van der Waals surface area contributed by atoms with Crippen LogP contribution in [0.3, 0.4) is 0 Å². The van der Waals surface area contributed by atoms with Crippen molar-refractivity contribution >= 4 is 11.3 Å². The van der Waals surface area contributed by atoms with E-state index in [1.165, 1.54) is 44.5 Å². The van der Waals surface area contributed by atoms with Crippen LogP contribution in [0.2, 0.25) is 0 Å². The molecule has 2 unspecified atom stereocenters. The highest BCUT2D eigenvalue weighted by molar-refractivity contribution is 7.07. The van der Waals surface area contributed by atoms with Crippen molar-refractivity contribution in [3.05, 3.63) is 22.4 Å². The molecule has 2 rings (SSSR count). The van der Waals surface area contributed by atoms with Gasteiger partial charge in [0, 0.05) is 12.1 Å². The fourth-order valence-electron chi connectivity index (χ4n) is 2.86. The predicted octanol–water partition coefficient (Wildman–Crippen LogP) is 3.14. The summed E-state index contributed by atoms with van der Waals surface area (Å²) < 4.78 is 0. The third kappa shape index (κ3) is 4.38. The maximum absolute atomic E-state index is 3.82. The molecule has 1 saturated heterocycles.